The lowest BCUT2D eigenvalue weighted by molar-refractivity contribution is 0.171. The SMILES string of the molecule is Cc1ccn(-c2ccccc2NC(=O)N2CC[C@@H]([C@H]3CCOC3)C2)n1. The normalized spacial score (nSPS) is 23.2. The van der Waals surface area contributed by atoms with Gasteiger partial charge in [0.25, 0.3) is 0 Å². The Morgan fingerprint density at radius 2 is 2.12 bits per heavy atom. The van der Waals surface area contributed by atoms with E-state index in [1.165, 1.54) is 0 Å². The highest BCUT2D eigenvalue weighted by Gasteiger charge is 2.33. The van der Waals surface area contributed by atoms with Crippen LogP contribution in [0.2, 0.25) is 0 Å². The molecule has 2 saturated heterocycles. The van der Waals surface area contributed by atoms with E-state index in [1.54, 1.807) is 4.68 Å². The number of benzene rings is 1. The fourth-order valence-electron chi connectivity index (χ4n) is 3.80. The van der Waals surface area contributed by atoms with E-state index >= 15 is 0 Å². The molecule has 1 N–H and O–H groups in total. The van der Waals surface area contributed by atoms with E-state index in [-0.39, 0.29) is 6.03 Å². The van der Waals surface area contributed by atoms with Crippen molar-refractivity contribution in [2.45, 2.75) is 19.8 Å². The Morgan fingerprint density at radius 3 is 2.88 bits per heavy atom. The molecular weight excluding hydrogens is 316 g/mol. The van der Waals surface area contributed by atoms with E-state index < -0.39 is 0 Å². The minimum atomic E-state index is -0.0299. The number of nitrogens with zero attached hydrogens (tertiary/aromatic N) is 3. The smallest absolute Gasteiger partial charge is 0.321 e. The Balaban J connectivity index is 1.45. The molecule has 6 heteroatoms. The van der Waals surface area contributed by atoms with Crippen molar-refractivity contribution >= 4 is 11.7 Å². The number of amides is 2. The van der Waals surface area contributed by atoms with Crippen LogP contribution >= 0.6 is 0 Å². The number of anilines is 1. The summed E-state index contributed by atoms with van der Waals surface area (Å²) in [5, 5.41) is 7.51. The number of urea groups is 1. The molecule has 0 unspecified atom stereocenters. The third-order valence-corrected chi connectivity index (χ3v) is 5.26. The quantitative estimate of drug-likeness (QED) is 0.934. The molecule has 2 amide bonds. The first-order valence-corrected chi connectivity index (χ1v) is 8.96. The summed E-state index contributed by atoms with van der Waals surface area (Å²) in [5.41, 5.74) is 2.61. The minimum absolute atomic E-state index is 0.0299. The number of aromatic nitrogens is 2. The number of rotatable bonds is 3. The van der Waals surface area contributed by atoms with Crippen LogP contribution in [0.1, 0.15) is 18.5 Å². The van der Waals surface area contributed by atoms with Crippen molar-refractivity contribution < 1.29 is 9.53 Å². The van der Waals surface area contributed by atoms with E-state index in [1.807, 2.05) is 48.4 Å². The van der Waals surface area contributed by atoms with Crippen molar-refractivity contribution in [3.05, 3.63) is 42.2 Å². The zero-order valence-electron chi connectivity index (χ0n) is 14.5. The van der Waals surface area contributed by atoms with Crippen molar-refractivity contribution in [2.24, 2.45) is 11.8 Å². The molecule has 2 atom stereocenters. The molecule has 0 spiro atoms. The molecule has 2 aliphatic heterocycles. The van der Waals surface area contributed by atoms with Gasteiger partial charge in [-0.05, 0) is 49.8 Å². The van der Waals surface area contributed by atoms with Crippen molar-refractivity contribution in [1.29, 1.82) is 0 Å². The number of para-hydroxylation sites is 2. The van der Waals surface area contributed by atoms with Crippen LogP contribution in [0.4, 0.5) is 10.5 Å². The van der Waals surface area contributed by atoms with Gasteiger partial charge in [0.05, 0.1) is 17.1 Å². The van der Waals surface area contributed by atoms with Gasteiger partial charge < -0.3 is 15.0 Å². The topological polar surface area (TPSA) is 59.4 Å². The number of carbonyl (C=O) groups excluding carboxylic acids is 1. The van der Waals surface area contributed by atoms with Crippen LogP contribution in [0.15, 0.2) is 36.5 Å². The van der Waals surface area contributed by atoms with Gasteiger partial charge in [-0.15, -0.1) is 0 Å². The van der Waals surface area contributed by atoms with Gasteiger partial charge in [-0.3, -0.25) is 0 Å². The number of ether oxygens (including phenoxy) is 1. The van der Waals surface area contributed by atoms with E-state index in [4.69, 9.17) is 4.74 Å². The van der Waals surface area contributed by atoms with Gasteiger partial charge in [-0.1, -0.05) is 12.1 Å². The summed E-state index contributed by atoms with van der Waals surface area (Å²) < 4.78 is 7.30. The van der Waals surface area contributed by atoms with Gasteiger partial charge in [0.1, 0.15) is 0 Å². The number of carbonyl (C=O) groups is 1. The van der Waals surface area contributed by atoms with Gasteiger partial charge >= 0.3 is 6.03 Å². The van der Waals surface area contributed by atoms with Crippen LogP contribution in [0.25, 0.3) is 5.69 Å². The third-order valence-electron chi connectivity index (χ3n) is 5.26. The van der Waals surface area contributed by atoms with Crippen molar-refractivity contribution in [2.75, 3.05) is 31.6 Å². The lowest BCUT2D eigenvalue weighted by Gasteiger charge is -2.20. The molecule has 2 fully saturated rings. The molecule has 0 saturated carbocycles. The maximum Gasteiger partial charge on any atom is 0.321 e. The summed E-state index contributed by atoms with van der Waals surface area (Å²) in [6.07, 6.45) is 4.11. The second-order valence-electron chi connectivity index (χ2n) is 6.97. The number of hydrogen-bond donors (Lipinski definition) is 1. The van der Waals surface area contributed by atoms with Gasteiger partial charge in [0.15, 0.2) is 0 Å². The molecule has 0 radical (unpaired) electrons. The zero-order chi connectivity index (χ0) is 17.2. The van der Waals surface area contributed by atoms with E-state index in [0.29, 0.717) is 11.8 Å². The fraction of sp³-hybridized carbons (Fsp3) is 0.474. The van der Waals surface area contributed by atoms with Crippen molar-refractivity contribution in [3.63, 3.8) is 0 Å². The van der Waals surface area contributed by atoms with Crippen molar-refractivity contribution in [3.8, 4) is 5.69 Å². The second-order valence-corrected chi connectivity index (χ2v) is 6.97. The standard InChI is InChI=1S/C19H24N4O2/c1-14-6-10-23(21-14)18-5-3-2-4-17(18)20-19(24)22-9-7-15(12-22)16-8-11-25-13-16/h2-6,10,15-16H,7-9,11-13H2,1H3,(H,20,24)/t15-,16+/m1/s1. The van der Waals surface area contributed by atoms with Gasteiger partial charge in [0.2, 0.25) is 0 Å². The van der Waals surface area contributed by atoms with Crippen LogP contribution in [0, 0.1) is 18.8 Å². The van der Waals surface area contributed by atoms with Gasteiger partial charge in [0, 0.05) is 32.5 Å². The van der Waals surface area contributed by atoms with Gasteiger partial charge in [-0.2, -0.15) is 5.10 Å². The Hall–Kier alpha value is -2.34. The Morgan fingerprint density at radius 1 is 1.24 bits per heavy atom. The van der Waals surface area contributed by atoms with Gasteiger partial charge in [-0.25, -0.2) is 9.48 Å². The average molecular weight is 340 g/mol. The lowest BCUT2D eigenvalue weighted by atomic mass is 9.91. The number of aryl methyl sites for hydroxylation is 1. The molecule has 1 aromatic carbocycles. The number of nitrogens with one attached hydrogen (secondary N) is 1. The van der Waals surface area contributed by atoms with Crippen molar-refractivity contribution in [1.82, 2.24) is 14.7 Å². The first-order chi connectivity index (χ1) is 12.2. The monoisotopic (exact) mass is 340 g/mol. The highest BCUT2D eigenvalue weighted by atomic mass is 16.5. The van der Waals surface area contributed by atoms with E-state index in [9.17, 15) is 4.79 Å². The molecule has 0 aliphatic carbocycles. The lowest BCUT2D eigenvalue weighted by Crippen LogP contribution is -2.34. The predicted molar refractivity (Wildman–Crippen MR) is 95.9 cm³/mol. The third kappa shape index (κ3) is 3.39. The highest BCUT2D eigenvalue weighted by Crippen LogP contribution is 2.30. The minimum Gasteiger partial charge on any atom is -0.381 e. The summed E-state index contributed by atoms with van der Waals surface area (Å²) in [7, 11) is 0. The maximum atomic E-state index is 12.7. The zero-order valence-corrected chi connectivity index (χ0v) is 14.5. The molecule has 132 valence electrons. The Labute approximate surface area is 147 Å². The molecule has 0 bridgehead atoms. The largest absolute Gasteiger partial charge is 0.381 e. The van der Waals surface area contributed by atoms with Crippen LogP contribution in [-0.2, 0) is 4.74 Å². The summed E-state index contributed by atoms with van der Waals surface area (Å²) in [4.78, 5) is 14.6. The molecule has 6 nitrogen and oxygen atoms in total. The molecular formula is C19H24N4O2. The van der Waals surface area contributed by atoms with E-state index in [2.05, 4.69) is 10.4 Å². The first-order valence-electron chi connectivity index (χ1n) is 8.96. The maximum absolute atomic E-state index is 12.7. The Bertz CT molecular complexity index is 751. The van der Waals surface area contributed by atoms with Crippen LogP contribution in [0.3, 0.4) is 0 Å². The number of likely N-dealkylation sites (tertiary alicyclic amines) is 1. The predicted octanol–water partition coefficient (Wildman–Crippen LogP) is 3.07. The molecule has 2 aliphatic rings. The second kappa shape index (κ2) is 6.88. The number of hydrogen-bond acceptors (Lipinski definition) is 3. The van der Waals surface area contributed by atoms with E-state index in [0.717, 1.165) is 56.2 Å². The first kappa shape index (κ1) is 16.1. The average Bonchev–Trinajstić information content (AvgIpc) is 3.36. The highest BCUT2D eigenvalue weighted by molar-refractivity contribution is 5.91. The summed E-state index contributed by atoms with van der Waals surface area (Å²) >= 11 is 0. The fourth-order valence-corrected chi connectivity index (χ4v) is 3.80. The Kier molecular flexibility index (Phi) is 4.44. The van der Waals surface area contributed by atoms with Crippen LogP contribution in [0.5, 0.6) is 0 Å². The molecule has 3 heterocycles. The van der Waals surface area contributed by atoms with Crippen LogP contribution < -0.4 is 5.32 Å². The molecule has 1 aromatic heterocycles. The molecule has 25 heavy (non-hydrogen) atoms. The molecule has 2 aromatic rings. The van der Waals surface area contributed by atoms with Crippen LogP contribution in [-0.4, -0.2) is 47.0 Å². The summed E-state index contributed by atoms with van der Waals surface area (Å²) in [5.74, 6) is 1.18. The summed E-state index contributed by atoms with van der Waals surface area (Å²) in [6.45, 7) is 5.30. The summed E-state index contributed by atoms with van der Waals surface area (Å²) in [6, 6.07) is 9.69. The molecule has 4 rings (SSSR count).